The zero-order chi connectivity index (χ0) is 11.8. The minimum Gasteiger partial charge on any atom is -0.494 e. The molecular formula is C14H12N2O. The van der Waals surface area contributed by atoms with E-state index >= 15 is 0 Å². The van der Waals surface area contributed by atoms with E-state index in [-0.39, 0.29) is 0 Å². The van der Waals surface area contributed by atoms with Crippen LogP contribution in [0, 0.1) is 0 Å². The number of nitrogen functional groups attached to an aromatic ring is 1. The summed E-state index contributed by atoms with van der Waals surface area (Å²) in [6, 6.07) is 13.7. The summed E-state index contributed by atoms with van der Waals surface area (Å²) in [4.78, 5) is 4.60. The molecular weight excluding hydrogens is 212 g/mol. The van der Waals surface area contributed by atoms with Crippen molar-refractivity contribution in [3.63, 3.8) is 0 Å². The van der Waals surface area contributed by atoms with Crippen LogP contribution in [-0.4, -0.2) is 12.1 Å². The van der Waals surface area contributed by atoms with Crippen molar-refractivity contribution < 1.29 is 4.74 Å². The summed E-state index contributed by atoms with van der Waals surface area (Å²) in [5.74, 6) is 0.750. The zero-order valence-electron chi connectivity index (χ0n) is 9.47. The average Bonchev–Trinajstić information content (AvgIpc) is 2.38. The van der Waals surface area contributed by atoms with E-state index in [0.717, 1.165) is 33.2 Å². The fourth-order valence-corrected chi connectivity index (χ4v) is 2.02. The van der Waals surface area contributed by atoms with Gasteiger partial charge in [0.2, 0.25) is 0 Å². The van der Waals surface area contributed by atoms with Gasteiger partial charge in [0.05, 0.1) is 12.6 Å². The maximum atomic E-state index is 5.98. The number of anilines is 1. The van der Waals surface area contributed by atoms with Crippen LogP contribution in [0.2, 0.25) is 0 Å². The van der Waals surface area contributed by atoms with Gasteiger partial charge < -0.3 is 10.5 Å². The smallest absolute Gasteiger partial charge is 0.145 e. The lowest BCUT2D eigenvalue weighted by Crippen LogP contribution is -1.93. The molecule has 0 amide bonds. The van der Waals surface area contributed by atoms with Gasteiger partial charge in [-0.25, -0.2) is 4.98 Å². The Balaban J connectivity index is 2.50. The molecule has 0 unspecified atom stereocenters. The van der Waals surface area contributed by atoms with Crippen LogP contribution in [0.5, 0.6) is 5.75 Å². The second-order valence-corrected chi connectivity index (χ2v) is 3.93. The first-order chi connectivity index (χ1) is 8.29. The topological polar surface area (TPSA) is 48.1 Å². The van der Waals surface area contributed by atoms with E-state index < -0.39 is 0 Å². The summed E-state index contributed by atoms with van der Waals surface area (Å²) in [7, 11) is 1.64. The van der Waals surface area contributed by atoms with Crippen LogP contribution in [0.1, 0.15) is 0 Å². The van der Waals surface area contributed by atoms with Gasteiger partial charge in [-0.2, -0.15) is 0 Å². The zero-order valence-corrected chi connectivity index (χ0v) is 9.47. The second-order valence-electron chi connectivity index (χ2n) is 3.93. The quantitative estimate of drug-likeness (QED) is 0.510. The van der Waals surface area contributed by atoms with E-state index in [9.17, 15) is 0 Å². The van der Waals surface area contributed by atoms with Gasteiger partial charge in [-0.3, -0.25) is 0 Å². The van der Waals surface area contributed by atoms with Crippen LogP contribution in [0.25, 0.3) is 21.8 Å². The Morgan fingerprint density at radius 1 is 1.12 bits per heavy atom. The lowest BCUT2D eigenvalue weighted by atomic mass is 10.1. The molecule has 1 aromatic heterocycles. The number of hydrogen-bond donors (Lipinski definition) is 1. The molecule has 3 heteroatoms. The Bertz CT molecular complexity index is 707. The molecule has 0 atom stereocenters. The van der Waals surface area contributed by atoms with Crippen LogP contribution in [0.3, 0.4) is 0 Å². The molecule has 0 spiro atoms. The van der Waals surface area contributed by atoms with E-state index in [1.54, 1.807) is 7.11 Å². The number of nitrogens with zero attached hydrogens (tertiary/aromatic N) is 1. The highest BCUT2D eigenvalue weighted by atomic mass is 16.5. The highest BCUT2D eigenvalue weighted by Gasteiger charge is 2.07. The summed E-state index contributed by atoms with van der Waals surface area (Å²) in [6.07, 6.45) is 0. The molecule has 2 aromatic carbocycles. The van der Waals surface area contributed by atoms with Crippen molar-refractivity contribution in [2.45, 2.75) is 0 Å². The summed E-state index contributed by atoms with van der Waals surface area (Å²) in [5, 5.41) is 2.02. The number of pyridine rings is 1. The first-order valence-corrected chi connectivity index (χ1v) is 5.41. The van der Waals surface area contributed by atoms with E-state index in [1.807, 2.05) is 36.4 Å². The first-order valence-electron chi connectivity index (χ1n) is 5.41. The largest absolute Gasteiger partial charge is 0.494 e. The van der Waals surface area contributed by atoms with Crippen molar-refractivity contribution in [1.82, 2.24) is 4.98 Å². The summed E-state index contributed by atoms with van der Waals surface area (Å²) in [5.41, 5.74) is 8.46. The number of para-hydroxylation sites is 1. The van der Waals surface area contributed by atoms with E-state index in [4.69, 9.17) is 10.5 Å². The van der Waals surface area contributed by atoms with Gasteiger partial charge in [0.1, 0.15) is 11.3 Å². The predicted octanol–water partition coefficient (Wildman–Crippen LogP) is 2.98. The van der Waals surface area contributed by atoms with E-state index in [1.165, 1.54) is 0 Å². The fourth-order valence-electron chi connectivity index (χ4n) is 2.02. The summed E-state index contributed by atoms with van der Waals surface area (Å²) in [6.45, 7) is 0. The van der Waals surface area contributed by atoms with Gasteiger partial charge in [0.15, 0.2) is 0 Å². The Hall–Kier alpha value is -2.29. The molecule has 1 heterocycles. The van der Waals surface area contributed by atoms with Gasteiger partial charge in [-0.15, -0.1) is 0 Å². The van der Waals surface area contributed by atoms with Crippen molar-refractivity contribution >= 4 is 27.5 Å². The molecule has 0 saturated heterocycles. The summed E-state index contributed by atoms with van der Waals surface area (Å²) < 4.78 is 5.31. The van der Waals surface area contributed by atoms with Crippen LogP contribution >= 0.6 is 0 Å². The van der Waals surface area contributed by atoms with E-state index in [0.29, 0.717) is 0 Å². The van der Waals surface area contributed by atoms with Gasteiger partial charge in [0.25, 0.3) is 0 Å². The number of fused-ring (bicyclic) bond motifs is 2. The molecule has 3 rings (SSSR count). The first kappa shape index (κ1) is 9.90. The number of hydrogen-bond acceptors (Lipinski definition) is 3. The van der Waals surface area contributed by atoms with Crippen molar-refractivity contribution in [1.29, 1.82) is 0 Å². The molecule has 84 valence electrons. The van der Waals surface area contributed by atoms with Crippen molar-refractivity contribution in [3.05, 3.63) is 42.5 Å². The number of rotatable bonds is 1. The van der Waals surface area contributed by atoms with Crippen LogP contribution < -0.4 is 10.5 Å². The van der Waals surface area contributed by atoms with Gasteiger partial charge in [0, 0.05) is 16.5 Å². The van der Waals surface area contributed by atoms with E-state index in [2.05, 4.69) is 11.1 Å². The van der Waals surface area contributed by atoms with Crippen molar-refractivity contribution in [3.8, 4) is 5.75 Å². The standard InChI is InChI=1S/C14H12N2O/c1-17-13-7-6-11(15)10-8-9-4-2-3-5-12(9)16-14(10)13/h2-8H,15H2,1H3. The highest BCUT2D eigenvalue weighted by Crippen LogP contribution is 2.30. The third-order valence-corrected chi connectivity index (χ3v) is 2.90. The third kappa shape index (κ3) is 1.47. The van der Waals surface area contributed by atoms with Crippen molar-refractivity contribution in [2.24, 2.45) is 0 Å². The highest BCUT2D eigenvalue weighted by molar-refractivity contribution is 6.01. The lowest BCUT2D eigenvalue weighted by Gasteiger charge is -2.08. The monoisotopic (exact) mass is 224 g/mol. The van der Waals surface area contributed by atoms with Crippen molar-refractivity contribution in [2.75, 3.05) is 12.8 Å². The van der Waals surface area contributed by atoms with Gasteiger partial charge in [-0.05, 0) is 24.3 Å². The minimum absolute atomic E-state index is 0.721. The third-order valence-electron chi connectivity index (χ3n) is 2.90. The normalized spacial score (nSPS) is 10.9. The summed E-state index contributed by atoms with van der Waals surface area (Å²) >= 11 is 0. The molecule has 0 bridgehead atoms. The molecule has 3 nitrogen and oxygen atoms in total. The molecule has 0 aliphatic rings. The minimum atomic E-state index is 0.721. The Kier molecular flexibility index (Phi) is 2.11. The SMILES string of the molecule is COc1ccc(N)c2cc3ccccc3nc12. The molecule has 3 aromatic rings. The van der Waals surface area contributed by atoms with Crippen LogP contribution in [-0.2, 0) is 0 Å². The number of methoxy groups -OCH3 is 1. The average molecular weight is 224 g/mol. The lowest BCUT2D eigenvalue weighted by molar-refractivity contribution is 0.419. The second kappa shape index (κ2) is 3.63. The maximum Gasteiger partial charge on any atom is 0.145 e. The molecule has 0 radical (unpaired) electrons. The van der Waals surface area contributed by atoms with Crippen LogP contribution in [0.15, 0.2) is 42.5 Å². The number of aromatic nitrogens is 1. The Morgan fingerprint density at radius 2 is 1.94 bits per heavy atom. The number of benzene rings is 2. The predicted molar refractivity (Wildman–Crippen MR) is 70.2 cm³/mol. The number of ether oxygens (including phenoxy) is 1. The molecule has 2 N–H and O–H groups in total. The molecule has 0 aliphatic heterocycles. The fraction of sp³-hybridized carbons (Fsp3) is 0.0714. The number of nitrogens with two attached hydrogens (primary N) is 1. The Labute approximate surface area is 98.8 Å². The maximum absolute atomic E-state index is 5.98. The molecule has 0 aliphatic carbocycles. The Morgan fingerprint density at radius 3 is 2.76 bits per heavy atom. The molecule has 0 saturated carbocycles. The van der Waals surface area contributed by atoms with Gasteiger partial charge >= 0.3 is 0 Å². The van der Waals surface area contributed by atoms with Crippen LogP contribution in [0.4, 0.5) is 5.69 Å². The molecule has 17 heavy (non-hydrogen) atoms. The van der Waals surface area contributed by atoms with Gasteiger partial charge in [-0.1, -0.05) is 18.2 Å². The molecule has 0 fully saturated rings.